The van der Waals surface area contributed by atoms with Crippen LogP contribution >= 0.6 is 11.3 Å². The molecule has 4 rings (SSSR count). The van der Waals surface area contributed by atoms with Gasteiger partial charge in [-0.1, -0.05) is 12.1 Å². The SMILES string of the molecule is CCOC(=O)c1sc2nc(C)nc(NC(c3ccc(OC)cc3)c3nccn3C)c2c1C. The molecule has 0 saturated heterocycles. The van der Waals surface area contributed by atoms with Crippen molar-refractivity contribution in [3.63, 3.8) is 0 Å². The number of nitrogens with one attached hydrogen (secondary N) is 1. The van der Waals surface area contributed by atoms with Crippen molar-refractivity contribution in [2.45, 2.75) is 26.8 Å². The zero-order valence-corrected chi connectivity index (χ0v) is 19.5. The minimum Gasteiger partial charge on any atom is -0.497 e. The van der Waals surface area contributed by atoms with Gasteiger partial charge in [-0.2, -0.15) is 0 Å². The highest BCUT2D eigenvalue weighted by molar-refractivity contribution is 7.20. The summed E-state index contributed by atoms with van der Waals surface area (Å²) in [4.78, 5) is 27.6. The number of anilines is 1. The number of hydrogen-bond acceptors (Lipinski definition) is 8. The van der Waals surface area contributed by atoms with Crippen LogP contribution in [0.25, 0.3) is 10.2 Å². The van der Waals surface area contributed by atoms with Crippen molar-refractivity contribution in [2.75, 3.05) is 19.0 Å². The molecule has 0 aliphatic carbocycles. The third-order valence-electron chi connectivity index (χ3n) is 5.21. The van der Waals surface area contributed by atoms with E-state index in [2.05, 4.69) is 20.3 Å². The van der Waals surface area contributed by atoms with E-state index in [1.807, 2.05) is 55.9 Å². The van der Waals surface area contributed by atoms with Crippen LogP contribution in [0.3, 0.4) is 0 Å². The van der Waals surface area contributed by atoms with Crippen molar-refractivity contribution in [2.24, 2.45) is 7.05 Å². The van der Waals surface area contributed by atoms with Gasteiger partial charge in [-0.15, -0.1) is 11.3 Å². The third kappa shape index (κ3) is 4.03. The zero-order valence-electron chi connectivity index (χ0n) is 18.7. The molecule has 3 aromatic heterocycles. The van der Waals surface area contributed by atoms with Crippen molar-refractivity contribution >= 4 is 33.3 Å². The number of carbonyl (C=O) groups excluding carboxylic acids is 1. The fraction of sp³-hybridized carbons (Fsp3) is 0.304. The molecule has 8 nitrogen and oxygen atoms in total. The van der Waals surface area contributed by atoms with E-state index in [0.717, 1.165) is 32.9 Å². The lowest BCUT2D eigenvalue weighted by molar-refractivity contribution is 0.0531. The van der Waals surface area contributed by atoms with Gasteiger partial charge in [-0.25, -0.2) is 19.7 Å². The first-order chi connectivity index (χ1) is 15.4. The summed E-state index contributed by atoms with van der Waals surface area (Å²) in [6, 6.07) is 7.57. The van der Waals surface area contributed by atoms with Crippen LogP contribution in [0.15, 0.2) is 36.7 Å². The molecule has 0 radical (unpaired) electrons. The Morgan fingerprint density at radius 2 is 1.97 bits per heavy atom. The van der Waals surface area contributed by atoms with E-state index in [-0.39, 0.29) is 12.0 Å². The van der Waals surface area contributed by atoms with E-state index in [1.165, 1.54) is 11.3 Å². The summed E-state index contributed by atoms with van der Waals surface area (Å²) in [5, 5.41) is 4.38. The predicted molar refractivity (Wildman–Crippen MR) is 125 cm³/mol. The summed E-state index contributed by atoms with van der Waals surface area (Å²) in [5.74, 6) is 2.54. The van der Waals surface area contributed by atoms with E-state index >= 15 is 0 Å². The van der Waals surface area contributed by atoms with Gasteiger partial charge in [0, 0.05) is 19.4 Å². The van der Waals surface area contributed by atoms with Crippen LogP contribution in [-0.2, 0) is 11.8 Å². The molecule has 0 amide bonds. The summed E-state index contributed by atoms with van der Waals surface area (Å²) in [6.07, 6.45) is 3.67. The monoisotopic (exact) mass is 451 g/mol. The lowest BCUT2D eigenvalue weighted by Crippen LogP contribution is -2.18. The highest BCUT2D eigenvalue weighted by Crippen LogP contribution is 2.36. The first-order valence-corrected chi connectivity index (χ1v) is 11.1. The number of aryl methyl sites for hydroxylation is 3. The standard InChI is InChI=1S/C23H25N5O3S/c1-6-31-23(29)19-13(2)17-20(25-14(3)26-22(17)32-19)27-18(21-24-11-12-28(21)4)15-7-9-16(30-5)10-8-15/h7-12,18H,6H2,1-5H3,(H,25,26,27). The molecule has 0 bridgehead atoms. The van der Waals surface area contributed by atoms with Gasteiger partial charge in [-0.3, -0.25) is 0 Å². The Morgan fingerprint density at radius 1 is 1.22 bits per heavy atom. The molecule has 0 spiro atoms. The molecule has 1 unspecified atom stereocenters. The van der Waals surface area contributed by atoms with Gasteiger partial charge in [0.15, 0.2) is 0 Å². The van der Waals surface area contributed by atoms with Crippen LogP contribution in [0.4, 0.5) is 5.82 Å². The van der Waals surface area contributed by atoms with Crippen LogP contribution in [0.2, 0.25) is 0 Å². The second-order valence-corrected chi connectivity index (χ2v) is 8.32. The van der Waals surface area contributed by atoms with E-state index < -0.39 is 0 Å². The summed E-state index contributed by atoms with van der Waals surface area (Å²) in [6.45, 7) is 5.86. The van der Waals surface area contributed by atoms with Crippen LogP contribution in [0.5, 0.6) is 5.75 Å². The number of ether oxygens (including phenoxy) is 2. The smallest absolute Gasteiger partial charge is 0.348 e. The van der Waals surface area contributed by atoms with Gasteiger partial charge >= 0.3 is 5.97 Å². The minimum atomic E-state index is -0.340. The summed E-state index contributed by atoms with van der Waals surface area (Å²) in [7, 11) is 3.60. The Morgan fingerprint density at radius 3 is 2.59 bits per heavy atom. The molecule has 1 N–H and O–H groups in total. The van der Waals surface area contributed by atoms with Gasteiger partial charge in [0.2, 0.25) is 0 Å². The van der Waals surface area contributed by atoms with Crippen LogP contribution in [0.1, 0.15) is 45.4 Å². The predicted octanol–water partition coefficient (Wildman–Crippen LogP) is 4.43. The molecule has 0 fully saturated rings. The molecule has 1 aromatic carbocycles. The average molecular weight is 452 g/mol. The molecule has 0 aliphatic heterocycles. The molecule has 1 atom stereocenters. The minimum absolute atomic E-state index is 0.274. The van der Waals surface area contributed by atoms with E-state index in [9.17, 15) is 4.79 Å². The number of hydrogen-bond donors (Lipinski definition) is 1. The number of esters is 1. The Balaban J connectivity index is 1.83. The van der Waals surface area contributed by atoms with E-state index in [0.29, 0.717) is 23.1 Å². The van der Waals surface area contributed by atoms with Gasteiger partial charge in [0.05, 0.1) is 19.1 Å². The summed E-state index contributed by atoms with van der Waals surface area (Å²) < 4.78 is 12.5. The molecule has 3 heterocycles. The molecule has 9 heteroatoms. The highest BCUT2D eigenvalue weighted by atomic mass is 32.1. The van der Waals surface area contributed by atoms with Gasteiger partial charge in [-0.05, 0) is 44.0 Å². The maximum absolute atomic E-state index is 12.5. The Labute approximate surface area is 190 Å². The first kappa shape index (κ1) is 21.8. The zero-order chi connectivity index (χ0) is 22.8. The number of thiophene rings is 1. The number of aromatic nitrogens is 4. The number of nitrogens with zero attached hydrogens (tertiary/aromatic N) is 4. The van der Waals surface area contributed by atoms with Gasteiger partial charge in [0.25, 0.3) is 0 Å². The molecule has 166 valence electrons. The fourth-order valence-electron chi connectivity index (χ4n) is 3.63. The van der Waals surface area contributed by atoms with Gasteiger partial charge in [0.1, 0.15) is 39.0 Å². The average Bonchev–Trinajstić information content (AvgIpc) is 3.35. The summed E-state index contributed by atoms with van der Waals surface area (Å²) in [5.41, 5.74) is 1.81. The highest BCUT2D eigenvalue weighted by Gasteiger charge is 2.25. The second-order valence-electron chi connectivity index (χ2n) is 7.32. The Kier molecular flexibility index (Phi) is 6.09. The quantitative estimate of drug-likeness (QED) is 0.416. The molecule has 0 aliphatic rings. The number of fused-ring (bicyclic) bond motifs is 1. The second kappa shape index (κ2) is 8.96. The molecule has 32 heavy (non-hydrogen) atoms. The maximum atomic E-state index is 12.5. The Bertz CT molecular complexity index is 1260. The van der Waals surface area contributed by atoms with Crippen LogP contribution in [0, 0.1) is 13.8 Å². The molecular formula is C23H25N5O3S. The first-order valence-electron chi connectivity index (χ1n) is 10.3. The molecular weight excluding hydrogens is 426 g/mol. The Hall–Kier alpha value is -3.46. The van der Waals surface area contributed by atoms with Crippen LogP contribution < -0.4 is 10.1 Å². The number of rotatable bonds is 7. The largest absolute Gasteiger partial charge is 0.497 e. The lowest BCUT2D eigenvalue weighted by Gasteiger charge is -2.21. The summed E-state index contributed by atoms with van der Waals surface area (Å²) >= 11 is 1.33. The van der Waals surface area contributed by atoms with Gasteiger partial charge < -0.3 is 19.4 Å². The number of carbonyl (C=O) groups is 1. The normalized spacial score (nSPS) is 12.0. The van der Waals surface area contributed by atoms with E-state index in [1.54, 1.807) is 20.2 Å². The van der Waals surface area contributed by atoms with Crippen LogP contribution in [-0.4, -0.2) is 39.2 Å². The van der Waals surface area contributed by atoms with Crippen molar-refractivity contribution in [1.29, 1.82) is 0 Å². The topological polar surface area (TPSA) is 91.2 Å². The number of imidazole rings is 1. The lowest BCUT2D eigenvalue weighted by atomic mass is 10.1. The van der Waals surface area contributed by atoms with Crippen molar-refractivity contribution in [1.82, 2.24) is 19.5 Å². The number of methoxy groups -OCH3 is 1. The molecule has 4 aromatic rings. The van der Waals surface area contributed by atoms with E-state index in [4.69, 9.17) is 9.47 Å². The van der Waals surface area contributed by atoms with Crippen molar-refractivity contribution in [3.05, 3.63) is 64.3 Å². The maximum Gasteiger partial charge on any atom is 0.348 e. The van der Waals surface area contributed by atoms with Crippen molar-refractivity contribution in [3.8, 4) is 5.75 Å². The number of benzene rings is 1. The molecule has 0 saturated carbocycles. The third-order valence-corrected chi connectivity index (χ3v) is 6.38. The fourth-order valence-corrected chi connectivity index (χ4v) is 4.75. The van der Waals surface area contributed by atoms with Crippen molar-refractivity contribution < 1.29 is 14.3 Å².